The summed E-state index contributed by atoms with van der Waals surface area (Å²) in [6.45, 7) is 13.0. The lowest BCUT2D eigenvalue weighted by Gasteiger charge is -2.31. The van der Waals surface area contributed by atoms with E-state index in [4.69, 9.17) is 0 Å². The summed E-state index contributed by atoms with van der Waals surface area (Å²) in [7, 11) is 0. The molecule has 5 aromatic rings. The number of nitrogens with one attached hydrogen (secondary N) is 1. The van der Waals surface area contributed by atoms with Gasteiger partial charge in [0.25, 0.3) is 0 Å². The molecule has 194 valence electrons. The molecular formula is C39H33N. The van der Waals surface area contributed by atoms with E-state index in [0.717, 1.165) is 17.0 Å². The Labute approximate surface area is 237 Å². The van der Waals surface area contributed by atoms with Crippen molar-refractivity contribution >= 4 is 11.3 Å². The van der Waals surface area contributed by atoms with E-state index in [0.29, 0.717) is 0 Å². The Hall–Kier alpha value is -4.88. The smallest absolute Gasteiger partial charge is 0.0726 e. The molecule has 0 radical (unpaired) electrons. The van der Waals surface area contributed by atoms with Crippen LogP contribution >= 0.6 is 0 Å². The third-order valence-electron chi connectivity index (χ3n) is 7.95. The Bertz CT molecular complexity index is 1710. The first-order chi connectivity index (χ1) is 19.7. The minimum Gasteiger partial charge on any atom is -0.356 e. The molecule has 40 heavy (non-hydrogen) atoms. The quantitative estimate of drug-likeness (QED) is 0.251. The fourth-order valence-corrected chi connectivity index (χ4v) is 6.37. The third-order valence-corrected chi connectivity index (χ3v) is 7.95. The summed E-state index contributed by atoms with van der Waals surface area (Å²) in [5, 5.41) is 3.54. The van der Waals surface area contributed by atoms with E-state index in [2.05, 4.69) is 146 Å². The standard InChI is InChI=1S/C37H27N.C2H6/c1-25(38-29-22-20-28(21-23-29)27-12-4-3-5-13-27)24-36-26(2)30-14-6-9-17-33(30)37(36)34-18-10-7-15-31(34)32-16-8-11-19-35(32)37;1-2/h3-24,38H,1-2H2;1-2H3/b36-24+;. The molecular weight excluding hydrogens is 482 g/mol. The Morgan fingerprint density at radius 3 is 1.60 bits per heavy atom. The zero-order chi connectivity index (χ0) is 27.7. The molecule has 5 aromatic carbocycles. The maximum Gasteiger partial charge on any atom is 0.0726 e. The molecule has 0 heterocycles. The van der Waals surface area contributed by atoms with Crippen LogP contribution in [-0.4, -0.2) is 0 Å². The van der Waals surface area contributed by atoms with E-state index < -0.39 is 5.41 Å². The molecule has 2 aliphatic rings. The van der Waals surface area contributed by atoms with Gasteiger partial charge in [0.15, 0.2) is 0 Å². The Kier molecular flexibility index (Phi) is 6.58. The largest absolute Gasteiger partial charge is 0.356 e. The summed E-state index contributed by atoms with van der Waals surface area (Å²) >= 11 is 0. The monoisotopic (exact) mass is 515 g/mol. The normalized spacial score (nSPS) is 14.7. The first kappa shape index (κ1) is 25.4. The summed E-state index contributed by atoms with van der Waals surface area (Å²) in [4.78, 5) is 0. The maximum absolute atomic E-state index is 4.61. The summed E-state index contributed by atoms with van der Waals surface area (Å²) in [5.74, 6) is 0. The van der Waals surface area contributed by atoms with Crippen molar-refractivity contribution in [2.24, 2.45) is 0 Å². The van der Waals surface area contributed by atoms with E-state index in [1.54, 1.807) is 0 Å². The van der Waals surface area contributed by atoms with Crippen LogP contribution in [0.1, 0.15) is 36.1 Å². The molecule has 1 heteroatoms. The van der Waals surface area contributed by atoms with E-state index in [-0.39, 0.29) is 0 Å². The fourth-order valence-electron chi connectivity index (χ4n) is 6.37. The van der Waals surface area contributed by atoms with Gasteiger partial charge in [-0.3, -0.25) is 0 Å². The summed E-state index contributed by atoms with van der Waals surface area (Å²) in [6, 6.07) is 45.3. The van der Waals surface area contributed by atoms with E-state index in [1.807, 2.05) is 19.9 Å². The lowest BCUT2D eigenvalue weighted by molar-refractivity contribution is 0.794. The lowest BCUT2D eigenvalue weighted by atomic mass is 9.70. The van der Waals surface area contributed by atoms with E-state index in [9.17, 15) is 0 Å². The molecule has 0 aliphatic heterocycles. The molecule has 0 saturated carbocycles. The zero-order valence-electron chi connectivity index (χ0n) is 23.1. The second kappa shape index (κ2) is 10.4. The predicted octanol–water partition coefficient (Wildman–Crippen LogP) is 10.3. The van der Waals surface area contributed by atoms with Crippen LogP contribution in [0.5, 0.6) is 0 Å². The second-order valence-electron chi connectivity index (χ2n) is 10.0. The molecule has 1 nitrogen and oxygen atoms in total. The molecule has 0 saturated heterocycles. The molecule has 0 unspecified atom stereocenters. The maximum atomic E-state index is 4.61. The van der Waals surface area contributed by atoms with Crippen LogP contribution in [0.3, 0.4) is 0 Å². The molecule has 0 fully saturated rings. The van der Waals surface area contributed by atoms with Crippen molar-refractivity contribution in [3.8, 4) is 22.3 Å². The van der Waals surface area contributed by atoms with Crippen molar-refractivity contribution < 1.29 is 0 Å². The van der Waals surface area contributed by atoms with Crippen molar-refractivity contribution in [3.05, 3.63) is 180 Å². The highest BCUT2D eigenvalue weighted by Gasteiger charge is 2.52. The highest BCUT2D eigenvalue weighted by atomic mass is 14.9. The molecule has 0 bridgehead atoms. The van der Waals surface area contributed by atoms with Crippen LogP contribution in [0.15, 0.2) is 158 Å². The summed E-state index contributed by atoms with van der Waals surface area (Å²) in [5.41, 5.74) is 13.7. The minimum absolute atomic E-state index is 0.414. The van der Waals surface area contributed by atoms with Crippen LogP contribution < -0.4 is 5.32 Å². The molecule has 7 rings (SSSR count). The molecule has 0 aromatic heterocycles. The topological polar surface area (TPSA) is 12.0 Å². The average molecular weight is 516 g/mol. The number of hydrogen-bond acceptors (Lipinski definition) is 1. The zero-order valence-corrected chi connectivity index (χ0v) is 23.1. The van der Waals surface area contributed by atoms with Crippen LogP contribution in [0.25, 0.3) is 27.8 Å². The first-order valence-electron chi connectivity index (χ1n) is 14.0. The Balaban J connectivity index is 0.00000142. The Morgan fingerprint density at radius 2 is 1.02 bits per heavy atom. The van der Waals surface area contributed by atoms with Crippen molar-refractivity contribution in [1.82, 2.24) is 0 Å². The van der Waals surface area contributed by atoms with Gasteiger partial charge in [0, 0.05) is 11.4 Å². The summed E-state index contributed by atoms with van der Waals surface area (Å²) < 4.78 is 0. The SMILES string of the molecule is C=C(/C=C1\C(=C)c2ccccc2C12c1ccccc1-c1ccccc12)Nc1ccc(-c2ccccc2)cc1.CC. The van der Waals surface area contributed by atoms with E-state index in [1.165, 1.54) is 50.1 Å². The van der Waals surface area contributed by atoms with Gasteiger partial charge < -0.3 is 5.32 Å². The summed E-state index contributed by atoms with van der Waals surface area (Å²) in [6.07, 6.45) is 2.20. The van der Waals surface area contributed by atoms with Crippen molar-refractivity contribution in [1.29, 1.82) is 0 Å². The van der Waals surface area contributed by atoms with Gasteiger partial charge in [-0.25, -0.2) is 0 Å². The van der Waals surface area contributed by atoms with Gasteiger partial charge in [0.05, 0.1) is 5.41 Å². The fraction of sp³-hybridized carbons (Fsp3) is 0.0769. The van der Waals surface area contributed by atoms with Crippen LogP contribution in [-0.2, 0) is 5.41 Å². The number of fused-ring (bicyclic) bond motifs is 7. The first-order valence-corrected chi connectivity index (χ1v) is 14.0. The molecule has 0 amide bonds. The van der Waals surface area contributed by atoms with Crippen molar-refractivity contribution in [2.75, 3.05) is 5.32 Å². The predicted molar refractivity (Wildman–Crippen MR) is 171 cm³/mol. The number of anilines is 1. The van der Waals surface area contributed by atoms with E-state index >= 15 is 0 Å². The van der Waals surface area contributed by atoms with Crippen molar-refractivity contribution in [3.63, 3.8) is 0 Å². The van der Waals surface area contributed by atoms with Crippen LogP contribution in [0, 0.1) is 0 Å². The lowest BCUT2D eigenvalue weighted by Crippen LogP contribution is -2.26. The molecule has 1 spiro atoms. The van der Waals surface area contributed by atoms with Gasteiger partial charge in [0.1, 0.15) is 0 Å². The molecule has 2 aliphatic carbocycles. The van der Waals surface area contributed by atoms with Gasteiger partial charge in [-0.1, -0.05) is 142 Å². The van der Waals surface area contributed by atoms with Gasteiger partial charge in [-0.2, -0.15) is 0 Å². The molecule has 0 atom stereocenters. The number of allylic oxidation sites excluding steroid dienone is 3. The second-order valence-corrected chi connectivity index (χ2v) is 10.0. The van der Waals surface area contributed by atoms with Crippen LogP contribution in [0.2, 0.25) is 0 Å². The van der Waals surface area contributed by atoms with Gasteiger partial charge in [-0.15, -0.1) is 0 Å². The highest BCUT2D eigenvalue weighted by Crippen LogP contribution is 2.63. The number of hydrogen-bond donors (Lipinski definition) is 1. The van der Waals surface area contributed by atoms with Crippen LogP contribution in [0.4, 0.5) is 5.69 Å². The Morgan fingerprint density at radius 1 is 0.575 bits per heavy atom. The minimum atomic E-state index is -0.414. The third kappa shape index (κ3) is 3.86. The number of rotatable bonds is 4. The molecule has 1 N–H and O–H groups in total. The van der Waals surface area contributed by atoms with Gasteiger partial charge in [-0.05, 0) is 73.9 Å². The van der Waals surface area contributed by atoms with Gasteiger partial charge in [0.2, 0.25) is 0 Å². The highest BCUT2D eigenvalue weighted by molar-refractivity contribution is 5.99. The van der Waals surface area contributed by atoms with Crippen molar-refractivity contribution in [2.45, 2.75) is 19.3 Å². The number of benzene rings is 5. The van der Waals surface area contributed by atoms with Gasteiger partial charge >= 0.3 is 0 Å². The average Bonchev–Trinajstić information content (AvgIpc) is 3.45.